The van der Waals surface area contributed by atoms with Crippen molar-refractivity contribution >= 4 is 0 Å². The van der Waals surface area contributed by atoms with E-state index in [-0.39, 0.29) is 6.04 Å². The van der Waals surface area contributed by atoms with Crippen LogP contribution in [0.4, 0.5) is 0 Å². The Bertz CT molecular complexity index is 334. The highest BCUT2D eigenvalue weighted by atomic mass is 15.3. The second kappa shape index (κ2) is 7.54. The highest BCUT2D eigenvalue weighted by Crippen LogP contribution is 2.19. The first-order valence-corrected chi connectivity index (χ1v) is 7.04. The fraction of sp³-hybridized carbons (Fsp3) is 0.786. The van der Waals surface area contributed by atoms with Gasteiger partial charge in [-0.2, -0.15) is 5.10 Å². The molecule has 1 aromatic heterocycles. The van der Waals surface area contributed by atoms with Crippen LogP contribution in [0.15, 0.2) is 12.4 Å². The normalized spacial score (nSPS) is 15.0. The van der Waals surface area contributed by atoms with Gasteiger partial charge in [0.1, 0.15) is 0 Å². The molecule has 0 aliphatic heterocycles. The third-order valence-corrected chi connectivity index (χ3v) is 3.54. The number of hydrogen-bond donors (Lipinski definition) is 1. The minimum atomic E-state index is 0.282. The maximum absolute atomic E-state index is 5.93. The molecular formula is C14H28N4. The number of hydrogen-bond acceptors (Lipinski definition) is 3. The van der Waals surface area contributed by atoms with Crippen molar-refractivity contribution in [3.05, 3.63) is 18.0 Å². The van der Waals surface area contributed by atoms with Gasteiger partial charge in [-0.25, -0.2) is 0 Å². The van der Waals surface area contributed by atoms with Gasteiger partial charge in [-0.3, -0.25) is 9.58 Å². The number of aryl methyl sites for hydroxylation is 1. The van der Waals surface area contributed by atoms with Gasteiger partial charge in [-0.15, -0.1) is 0 Å². The Morgan fingerprint density at radius 1 is 1.44 bits per heavy atom. The van der Waals surface area contributed by atoms with Gasteiger partial charge in [-0.05, 0) is 19.4 Å². The van der Waals surface area contributed by atoms with Crippen LogP contribution >= 0.6 is 0 Å². The van der Waals surface area contributed by atoms with Crippen molar-refractivity contribution in [3.8, 4) is 0 Å². The van der Waals surface area contributed by atoms with Gasteiger partial charge in [0, 0.05) is 37.4 Å². The molecule has 0 amide bonds. The molecule has 0 saturated carbocycles. The van der Waals surface area contributed by atoms with E-state index < -0.39 is 0 Å². The number of likely N-dealkylation sites (N-methyl/N-ethyl adjacent to an activating group) is 1. The summed E-state index contributed by atoms with van der Waals surface area (Å²) >= 11 is 0. The third-order valence-electron chi connectivity index (χ3n) is 3.54. The summed E-state index contributed by atoms with van der Waals surface area (Å²) in [7, 11) is 2.15. The Morgan fingerprint density at radius 3 is 2.72 bits per heavy atom. The van der Waals surface area contributed by atoms with E-state index in [2.05, 4.69) is 44.0 Å². The standard InChI is InChI=1S/C14H28N4/c1-5-7-18-11-13(9-16-18)14(8-15)17(4)10-12(3)6-2/h9,11-12,14H,5-8,10,15H2,1-4H3. The molecule has 0 spiro atoms. The first-order chi connectivity index (χ1) is 8.62. The van der Waals surface area contributed by atoms with E-state index in [0.717, 1.165) is 19.5 Å². The number of rotatable bonds is 8. The third kappa shape index (κ3) is 4.10. The van der Waals surface area contributed by atoms with Crippen LogP contribution in [0.3, 0.4) is 0 Å². The predicted octanol–water partition coefficient (Wildman–Crippen LogP) is 2.27. The fourth-order valence-corrected chi connectivity index (χ4v) is 2.22. The summed E-state index contributed by atoms with van der Waals surface area (Å²) in [6, 6.07) is 0.282. The maximum Gasteiger partial charge on any atom is 0.0538 e. The topological polar surface area (TPSA) is 47.1 Å². The van der Waals surface area contributed by atoms with Crippen LogP contribution in [-0.4, -0.2) is 34.8 Å². The van der Waals surface area contributed by atoms with Crippen molar-refractivity contribution in [3.63, 3.8) is 0 Å². The number of nitrogens with zero attached hydrogens (tertiary/aromatic N) is 3. The smallest absolute Gasteiger partial charge is 0.0538 e. The molecule has 4 nitrogen and oxygen atoms in total. The summed E-state index contributed by atoms with van der Waals surface area (Å²) < 4.78 is 2.01. The summed E-state index contributed by atoms with van der Waals surface area (Å²) in [6.07, 6.45) is 6.41. The van der Waals surface area contributed by atoms with Crippen LogP contribution in [0, 0.1) is 5.92 Å². The van der Waals surface area contributed by atoms with E-state index in [4.69, 9.17) is 5.73 Å². The van der Waals surface area contributed by atoms with Gasteiger partial charge >= 0.3 is 0 Å². The Labute approximate surface area is 111 Å². The van der Waals surface area contributed by atoms with Gasteiger partial charge < -0.3 is 5.73 Å². The zero-order valence-electron chi connectivity index (χ0n) is 12.3. The highest BCUT2D eigenvalue weighted by Gasteiger charge is 2.18. The second-order valence-electron chi connectivity index (χ2n) is 5.24. The van der Waals surface area contributed by atoms with Crippen molar-refractivity contribution in [2.45, 2.75) is 46.2 Å². The summed E-state index contributed by atoms with van der Waals surface area (Å²) in [4.78, 5) is 2.35. The molecule has 2 atom stereocenters. The zero-order valence-corrected chi connectivity index (χ0v) is 12.3. The van der Waals surface area contributed by atoms with Crippen molar-refractivity contribution in [1.82, 2.24) is 14.7 Å². The largest absolute Gasteiger partial charge is 0.329 e. The molecule has 2 unspecified atom stereocenters. The molecule has 2 N–H and O–H groups in total. The summed E-state index contributed by atoms with van der Waals surface area (Å²) in [5.74, 6) is 0.703. The van der Waals surface area contributed by atoms with Crippen LogP contribution in [0.5, 0.6) is 0 Å². The molecule has 18 heavy (non-hydrogen) atoms. The average Bonchev–Trinajstić information content (AvgIpc) is 2.79. The van der Waals surface area contributed by atoms with Crippen molar-refractivity contribution in [2.75, 3.05) is 20.1 Å². The number of aromatic nitrogens is 2. The molecule has 1 rings (SSSR count). The molecular weight excluding hydrogens is 224 g/mol. The van der Waals surface area contributed by atoms with Gasteiger partial charge in [-0.1, -0.05) is 27.2 Å². The van der Waals surface area contributed by atoms with Crippen molar-refractivity contribution in [2.24, 2.45) is 11.7 Å². The first kappa shape index (κ1) is 15.2. The Hall–Kier alpha value is -0.870. The van der Waals surface area contributed by atoms with Crippen LogP contribution < -0.4 is 5.73 Å². The second-order valence-corrected chi connectivity index (χ2v) is 5.24. The van der Waals surface area contributed by atoms with E-state index in [0.29, 0.717) is 12.5 Å². The van der Waals surface area contributed by atoms with Crippen LogP contribution in [0.2, 0.25) is 0 Å². The lowest BCUT2D eigenvalue weighted by Gasteiger charge is -2.28. The average molecular weight is 252 g/mol. The van der Waals surface area contributed by atoms with Gasteiger partial charge in [0.15, 0.2) is 0 Å². The van der Waals surface area contributed by atoms with Gasteiger partial charge in [0.25, 0.3) is 0 Å². The van der Waals surface area contributed by atoms with Gasteiger partial charge in [0.2, 0.25) is 0 Å². The lowest BCUT2D eigenvalue weighted by atomic mass is 10.1. The molecule has 0 bridgehead atoms. The van der Waals surface area contributed by atoms with E-state index >= 15 is 0 Å². The van der Waals surface area contributed by atoms with Crippen molar-refractivity contribution in [1.29, 1.82) is 0 Å². The molecule has 0 aromatic carbocycles. The van der Waals surface area contributed by atoms with Crippen LogP contribution in [0.25, 0.3) is 0 Å². The monoisotopic (exact) mass is 252 g/mol. The van der Waals surface area contributed by atoms with E-state index in [1.807, 2.05) is 10.9 Å². The lowest BCUT2D eigenvalue weighted by Crippen LogP contribution is -2.33. The molecule has 0 fully saturated rings. The molecule has 0 aliphatic carbocycles. The Balaban J connectivity index is 2.68. The Morgan fingerprint density at radius 2 is 2.17 bits per heavy atom. The maximum atomic E-state index is 5.93. The van der Waals surface area contributed by atoms with Crippen LogP contribution in [-0.2, 0) is 6.54 Å². The van der Waals surface area contributed by atoms with Crippen molar-refractivity contribution < 1.29 is 0 Å². The minimum Gasteiger partial charge on any atom is -0.329 e. The van der Waals surface area contributed by atoms with E-state index in [1.54, 1.807) is 0 Å². The summed E-state index contributed by atoms with van der Waals surface area (Å²) in [5, 5.41) is 4.39. The predicted molar refractivity (Wildman–Crippen MR) is 76.4 cm³/mol. The Kier molecular flexibility index (Phi) is 6.36. The van der Waals surface area contributed by atoms with E-state index in [9.17, 15) is 0 Å². The SMILES string of the molecule is CCCn1cc(C(CN)N(C)CC(C)CC)cn1. The fourth-order valence-electron chi connectivity index (χ4n) is 2.22. The molecule has 0 aliphatic rings. The van der Waals surface area contributed by atoms with Gasteiger partial charge in [0.05, 0.1) is 6.20 Å². The molecule has 1 heterocycles. The zero-order chi connectivity index (χ0) is 13.5. The van der Waals surface area contributed by atoms with Crippen LogP contribution in [0.1, 0.15) is 45.2 Å². The quantitative estimate of drug-likeness (QED) is 0.772. The summed E-state index contributed by atoms with van der Waals surface area (Å²) in [5.41, 5.74) is 7.16. The lowest BCUT2D eigenvalue weighted by molar-refractivity contribution is 0.215. The minimum absolute atomic E-state index is 0.282. The first-order valence-electron chi connectivity index (χ1n) is 7.04. The van der Waals surface area contributed by atoms with E-state index in [1.165, 1.54) is 12.0 Å². The highest BCUT2D eigenvalue weighted by molar-refractivity contribution is 5.11. The number of nitrogens with two attached hydrogens (primary N) is 1. The summed E-state index contributed by atoms with van der Waals surface area (Å²) in [6.45, 7) is 9.38. The molecule has 1 aromatic rings. The molecule has 4 heteroatoms. The molecule has 0 saturated heterocycles. The molecule has 104 valence electrons. The molecule has 0 radical (unpaired) electrons.